The molecule has 2 rings (SSSR count). The Morgan fingerprint density at radius 1 is 1.50 bits per heavy atom. The van der Waals surface area contributed by atoms with Crippen LogP contribution in [0.15, 0.2) is 34.8 Å². The van der Waals surface area contributed by atoms with Crippen molar-refractivity contribution in [1.82, 2.24) is 0 Å². The summed E-state index contributed by atoms with van der Waals surface area (Å²) in [4.78, 5) is 19.8. The molecule has 1 aliphatic heterocycles. The number of furan rings is 1. The number of aliphatic hydroxyl groups is 1. The van der Waals surface area contributed by atoms with E-state index >= 15 is 0 Å². The van der Waals surface area contributed by atoms with E-state index in [4.69, 9.17) is 5.11 Å². The van der Waals surface area contributed by atoms with Crippen LogP contribution in [-0.4, -0.2) is 17.4 Å². The molecule has 1 aromatic heterocycles. The fraction of sp³-hybridized carbons (Fsp3) is 0.111. The van der Waals surface area contributed by atoms with Gasteiger partial charge in [0.25, 0.3) is 5.95 Å². The Bertz CT molecular complexity index is 336. The molecule has 14 heavy (non-hydrogen) atoms. The van der Waals surface area contributed by atoms with Gasteiger partial charge in [-0.1, -0.05) is 0 Å². The molecule has 0 unspecified atom stereocenters. The van der Waals surface area contributed by atoms with Crippen molar-refractivity contribution in [3.8, 4) is 0 Å². The number of hydrogen-bond acceptors (Lipinski definition) is 5. The largest absolute Gasteiger partial charge is 0.481 e. The van der Waals surface area contributed by atoms with Crippen molar-refractivity contribution in [2.75, 3.05) is 0 Å². The predicted octanol–water partition coefficient (Wildman–Crippen LogP) is 1.42. The van der Waals surface area contributed by atoms with Gasteiger partial charge in [-0.15, -0.1) is 0 Å². The van der Waals surface area contributed by atoms with Gasteiger partial charge in [0.1, 0.15) is 0 Å². The molecule has 5 heteroatoms. The van der Waals surface area contributed by atoms with Gasteiger partial charge >= 0.3 is 5.97 Å². The van der Waals surface area contributed by atoms with E-state index in [2.05, 4.69) is 9.15 Å². The van der Waals surface area contributed by atoms with Crippen LogP contribution in [0, 0.1) is 0 Å². The standard InChI is InChI=1S/C5H4O2.C4H4O3/c6-4-5-2-1-3-7-5;5-3-1-2-4(6)7-3/h1-4H;1,5H,2H2. The molecule has 1 N–H and O–H groups in total. The van der Waals surface area contributed by atoms with Crippen LogP contribution in [0.1, 0.15) is 17.0 Å². The highest BCUT2D eigenvalue weighted by Crippen LogP contribution is 2.05. The second-order valence-electron chi connectivity index (χ2n) is 2.35. The van der Waals surface area contributed by atoms with Gasteiger partial charge < -0.3 is 14.3 Å². The Labute approximate surface area is 79.6 Å². The Hall–Kier alpha value is -2.04. The number of aldehydes is 1. The van der Waals surface area contributed by atoms with Crippen LogP contribution in [-0.2, 0) is 9.53 Å². The first-order valence-corrected chi connectivity index (χ1v) is 3.81. The fourth-order valence-corrected chi connectivity index (χ4v) is 0.729. The number of hydrogen-bond donors (Lipinski definition) is 1. The van der Waals surface area contributed by atoms with Crippen LogP contribution >= 0.6 is 0 Å². The van der Waals surface area contributed by atoms with Gasteiger partial charge in [0.2, 0.25) is 0 Å². The average Bonchev–Trinajstić information content (AvgIpc) is 2.78. The summed E-state index contributed by atoms with van der Waals surface area (Å²) in [5.74, 6) is -0.289. The molecular formula is C9H8O5. The van der Waals surface area contributed by atoms with E-state index in [9.17, 15) is 9.59 Å². The van der Waals surface area contributed by atoms with E-state index in [1.807, 2.05) is 0 Å². The topological polar surface area (TPSA) is 76.7 Å². The van der Waals surface area contributed by atoms with Crippen molar-refractivity contribution < 1.29 is 23.8 Å². The molecule has 74 valence electrons. The average molecular weight is 196 g/mol. The third-order valence-electron chi connectivity index (χ3n) is 1.32. The van der Waals surface area contributed by atoms with Crippen LogP contribution in [0.25, 0.3) is 0 Å². The smallest absolute Gasteiger partial charge is 0.317 e. The number of carbonyl (C=O) groups excluding carboxylic acids is 2. The number of aliphatic hydroxyl groups excluding tert-OH is 1. The summed E-state index contributed by atoms with van der Waals surface area (Å²) in [7, 11) is 0. The minimum atomic E-state index is -0.391. The van der Waals surface area contributed by atoms with Gasteiger partial charge in [-0.2, -0.15) is 0 Å². The second-order valence-corrected chi connectivity index (χ2v) is 2.35. The molecule has 5 nitrogen and oxygen atoms in total. The minimum absolute atomic E-state index is 0.200. The lowest BCUT2D eigenvalue weighted by molar-refractivity contribution is -0.139. The molecule has 0 aromatic carbocycles. The van der Waals surface area contributed by atoms with Crippen molar-refractivity contribution >= 4 is 12.3 Å². The van der Waals surface area contributed by atoms with Crippen molar-refractivity contribution in [3.05, 3.63) is 36.2 Å². The summed E-state index contributed by atoms with van der Waals surface area (Å²) in [5, 5.41) is 8.32. The highest BCUT2D eigenvalue weighted by molar-refractivity contribution is 5.74. The van der Waals surface area contributed by atoms with Gasteiger partial charge in [-0.25, -0.2) is 0 Å². The summed E-state index contributed by atoms with van der Waals surface area (Å²) in [6, 6.07) is 3.27. The van der Waals surface area contributed by atoms with E-state index in [-0.39, 0.29) is 12.4 Å². The summed E-state index contributed by atoms with van der Waals surface area (Å²) < 4.78 is 8.75. The SMILES string of the molecule is O=C1CC=C(O)O1.O=Cc1ccco1. The summed E-state index contributed by atoms with van der Waals surface area (Å²) in [5.41, 5.74) is 0. The molecule has 0 radical (unpaired) electrons. The molecule has 0 atom stereocenters. The molecule has 0 saturated heterocycles. The maximum Gasteiger partial charge on any atom is 0.317 e. The Morgan fingerprint density at radius 2 is 2.29 bits per heavy atom. The van der Waals surface area contributed by atoms with E-state index in [1.165, 1.54) is 12.3 Å². The van der Waals surface area contributed by atoms with Gasteiger partial charge in [0.15, 0.2) is 12.0 Å². The van der Waals surface area contributed by atoms with Crippen LogP contribution in [0.3, 0.4) is 0 Å². The lowest BCUT2D eigenvalue weighted by atomic mass is 10.5. The summed E-state index contributed by atoms with van der Waals surface area (Å²) in [6.45, 7) is 0. The molecule has 0 aliphatic carbocycles. The zero-order valence-electron chi connectivity index (χ0n) is 7.17. The quantitative estimate of drug-likeness (QED) is 0.543. The number of ether oxygens (including phenoxy) is 1. The van der Waals surface area contributed by atoms with Crippen LogP contribution in [0.2, 0.25) is 0 Å². The Balaban J connectivity index is 0.000000140. The maximum atomic E-state index is 10.0. The van der Waals surface area contributed by atoms with Gasteiger partial charge in [-0.3, -0.25) is 9.59 Å². The molecule has 0 amide bonds. The van der Waals surface area contributed by atoms with Crippen LogP contribution in [0.5, 0.6) is 0 Å². The molecule has 0 spiro atoms. The van der Waals surface area contributed by atoms with Crippen LogP contribution in [0.4, 0.5) is 0 Å². The molecule has 0 saturated carbocycles. The molecule has 0 fully saturated rings. The minimum Gasteiger partial charge on any atom is -0.481 e. The van der Waals surface area contributed by atoms with E-state index in [0.29, 0.717) is 12.0 Å². The number of cyclic esters (lactones) is 1. The first kappa shape index (κ1) is 10.0. The van der Waals surface area contributed by atoms with E-state index in [1.54, 1.807) is 12.1 Å². The number of carbonyl (C=O) groups is 2. The first-order chi connectivity index (χ1) is 6.72. The fourth-order valence-electron chi connectivity index (χ4n) is 0.729. The Kier molecular flexibility index (Phi) is 3.49. The lowest BCUT2D eigenvalue weighted by Crippen LogP contribution is -1.91. The summed E-state index contributed by atoms with van der Waals surface area (Å²) in [6.07, 6.45) is 3.65. The monoisotopic (exact) mass is 196 g/mol. The Morgan fingerprint density at radius 3 is 2.50 bits per heavy atom. The third-order valence-corrected chi connectivity index (χ3v) is 1.32. The van der Waals surface area contributed by atoms with Crippen molar-refractivity contribution in [3.63, 3.8) is 0 Å². The summed E-state index contributed by atoms with van der Waals surface area (Å²) >= 11 is 0. The van der Waals surface area contributed by atoms with Crippen LogP contribution < -0.4 is 0 Å². The molecule has 1 aromatic rings. The molecule has 2 heterocycles. The van der Waals surface area contributed by atoms with Crippen molar-refractivity contribution in [1.29, 1.82) is 0 Å². The van der Waals surface area contributed by atoms with Gasteiger partial charge in [-0.05, 0) is 12.1 Å². The van der Waals surface area contributed by atoms with Gasteiger partial charge in [0, 0.05) is 6.08 Å². The number of rotatable bonds is 1. The predicted molar refractivity (Wildman–Crippen MR) is 45.5 cm³/mol. The lowest BCUT2D eigenvalue weighted by Gasteiger charge is -1.86. The zero-order valence-corrected chi connectivity index (χ0v) is 7.17. The highest BCUT2D eigenvalue weighted by atomic mass is 16.6. The normalized spacial score (nSPS) is 13.7. The van der Waals surface area contributed by atoms with E-state index in [0.717, 1.165) is 0 Å². The van der Waals surface area contributed by atoms with E-state index < -0.39 is 5.97 Å². The zero-order chi connectivity index (χ0) is 10.4. The second kappa shape index (κ2) is 4.86. The number of esters is 1. The third kappa shape index (κ3) is 3.14. The first-order valence-electron chi connectivity index (χ1n) is 3.81. The molecule has 0 bridgehead atoms. The maximum absolute atomic E-state index is 10.0. The highest BCUT2D eigenvalue weighted by Gasteiger charge is 2.11. The molecule has 1 aliphatic rings. The van der Waals surface area contributed by atoms with Crippen molar-refractivity contribution in [2.24, 2.45) is 0 Å². The van der Waals surface area contributed by atoms with Gasteiger partial charge in [0.05, 0.1) is 12.7 Å². The molecular weight excluding hydrogens is 188 g/mol. The van der Waals surface area contributed by atoms with Crippen molar-refractivity contribution in [2.45, 2.75) is 6.42 Å².